The summed E-state index contributed by atoms with van der Waals surface area (Å²) in [6, 6.07) is 10.3. The molecule has 4 rings (SSSR count). The Kier molecular flexibility index (Phi) is 3.79. The fraction of sp³-hybridized carbons (Fsp3) is 0.474. The molecule has 1 aromatic heterocycles. The van der Waals surface area contributed by atoms with Crippen LogP contribution in [0.1, 0.15) is 35.8 Å². The Morgan fingerprint density at radius 3 is 2.88 bits per heavy atom. The van der Waals surface area contributed by atoms with Crippen molar-refractivity contribution in [2.45, 2.75) is 45.3 Å². The van der Waals surface area contributed by atoms with Gasteiger partial charge in [0.05, 0.1) is 11.7 Å². The Morgan fingerprint density at radius 1 is 1.29 bits per heavy atom. The van der Waals surface area contributed by atoms with E-state index in [-0.39, 0.29) is 18.1 Å². The molecule has 2 aliphatic rings. The highest BCUT2D eigenvalue weighted by atomic mass is 16.5. The van der Waals surface area contributed by atoms with E-state index in [9.17, 15) is 4.79 Å². The summed E-state index contributed by atoms with van der Waals surface area (Å²) in [5.74, 6) is 0.959. The standard InChI is InChI=1S/C19H23N3O2/c1-13-10-14(2)22(20-13)16-7-5-9-21(12-16)19(23)18-11-15-6-3-4-8-17(15)24-18/h3-4,6,8,10,16,18H,5,7,9,11-12H2,1-2H3/t16-,18-/m0/s1. The summed E-state index contributed by atoms with van der Waals surface area (Å²) in [4.78, 5) is 14.9. The number of para-hydroxylation sites is 1. The number of fused-ring (bicyclic) bond motifs is 1. The second-order valence-electron chi connectivity index (χ2n) is 6.87. The lowest BCUT2D eigenvalue weighted by atomic mass is 10.0. The number of aryl methyl sites for hydroxylation is 2. The van der Waals surface area contributed by atoms with Crippen molar-refractivity contribution < 1.29 is 9.53 Å². The topological polar surface area (TPSA) is 47.4 Å². The number of benzene rings is 1. The Hall–Kier alpha value is -2.30. The molecule has 0 saturated carbocycles. The molecular weight excluding hydrogens is 302 g/mol. The number of aromatic nitrogens is 2. The van der Waals surface area contributed by atoms with Crippen LogP contribution in [0.3, 0.4) is 0 Å². The minimum Gasteiger partial charge on any atom is -0.480 e. The minimum absolute atomic E-state index is 0.109. The lowest BCUT2D eigenvalue weighted by Crippen LogP contribution is -2.47. The number of amides is 1. The van der Waals surface area contributed by atoms with Gasteiger partial charge in [0.25, 0.3) is 5.91 Å². The highest BCUT2D eigenvalue weighted by Crippen LogP contribution is 2.30. The summed E-state index contributed by atoms with van der Waals surface area (Å²) in [7, 11) is 0. The van der Waals surface area contributed by atoms with E-state index in [4.69, 9.17) is 4.74 Å². The van der Waals surface area contributed by atoms with Crippen molar-refractivity contribution in [2.75, 3.05) is 13.1 Å². The zero-order chi connectivity index (χ0) is 16.7. The van der Waals surface area contributed by atoms with Crippen molar-refractivity contribution in [3.05, 3.63) is 47.3 Å². The van der Waals surface area contributed by atoms with Gasteiger partial charge in [-0.3, -0.25) is 9.48 Å². The first-order valence-corrected chi connectivity index (χ1v) is 8.68. The van der Waals surface area contributed by atoms with E-state index in [1.165, 1.54) is 0 Å². The van der Waals surface area contributed by atoms with Gasteiger partial charge >= 0.3 is 0 Å². The number of carbonyl (C=O) groups is 1. The molecule has 126 valence electrons. The van der Waals surface area contributed by atoms with Crippen LogP contribution in [0.15, 0.2) is 30.3 Å². The number of carbonyl (C=O) groups excluding carboxylic acids is 1. The fourth-order valence-electron chi connectivity index (χ4n) is 3.89. The third-order valence-corrected chi connectivity index (χ3v) is 5.02. The number of likely N-dealkylation sites (tertiary alicyclic amines) is 1. The van der Waals surface area contributed by atoms with Crippen LogP contribution >= 0.6 is 0 Å². The van der Waals surface area contributed by atoms with Crippen molar-refractivity contribution >= 4 is 5.91 Å². The van der Waals surface area contributed by atoms with Gasteiger partial charge in [0.1, 0.15) is 5.75 Å². The predicted octanol–water partition coefficient (Wildman–Crippen LogP) is 2.67. The number of nitrogens with zero attached hydrogens (tertiary/aromatic N) is 3. The molecule has 3 heterocycles. The van der Waals surface area contributed by atoms with Crippen LogP contribution in [0.25, 0.3) is 0 Å². The lowest BCUT2D eigenvalue weighted by Gasteiger charge is -2.34. The molecule has 2 aromatic rings. The molecule has 0 aliphatic carbocycles. The monoisotopic (exact) mass is 325 g/mol. The van der Waals surface area contributed by atoms with Crippen LogP contribution in [0.4, 0.5) is 0 Å². The quantitative estimate of drug-likeness (QED) is 0.853. The van der Waals surface area contributed by atoms with Gasteiger partial charge < -0.3 is 9.64 Å². The molecule has 2 aliphatic heterocycles. The average Bonchev–Trinajstić information content (AvgIpc) is 3.17. The average molecular weight is 325 g/mol. The van der Waals surface area contributed by atoms with Gasteiger partial charge in [-0.05, 0) is 44.4 Å². The number of rotatable bonds is 2. The van der Waals surface area contributed by atoms with Gasteiger partial charge in [0, 0.05) is 25.2 Å². The molecule has 2 atom stereocenters. The predicted molar refractivity (Wildman–Crippen MR) is 91.1 cm³/mol. The molecule has 1 fully saturated rings. The smallest absolute Gasteiger partial charge is 0.264 e. The number of piperidine rings is 1. The molecule has 1 saturated heterocycles. The molecule has 1 aromatic carbocycles. The second-order valence-corrected chi connectivity index (χ2v) is 6.87. The van der Waals surface area contributed by atoms with E-state index < -0.39 is 0 Å². The molecule has 0 spiro atoms. The van der Waals surface area contributed by atoms with Gasteiger partial charge in [-0.25, -0.2) is 0 Å². The van der Waals surface area contributed by atoms with Crippen LogP contribution in [-0.2, 0) is 11.2 Å². The van der Waals surface area contributed by atoms with Gasteiger partial charge in [-0.2, -0.15) is 5.10 Å². The summed E-state index contributed by atoms with van der Waals surface area (Å²) in [5, 5.41) is 4.61. The van der Waals surface area contributed by atoms with Crippen LogP contribution in [0.2, 0.25) is 0 Å². The first-order valence-electron chi connectivity index (χ1n) is 8.68. The minimum atomic E-state index is -0.374. The van der Waals surface area contributed by atoms with E-state index >= 15 is 0 Å². The molecule has 0 bridgehead atoms. The van der Waals surface area contributed by atoms with Gasteiger partial charge in [0.15, 0.2) is 6.10 Å². The van der Waals surface area contributed by atoms with Crippen molar-refractivity contribution in [1.29, 1.82) is 0 Å². The Labute approximate surface area is 142 Å². The van der Waals surface area contributed by atoms with Gasteiger partial charge in [-0.15, -0.1) is 0 Å². The maximum Gasteiger partial charge on any atom is 0.264 e. The Bertz CT molecular complexity index is 743. The lowest BCUT2D eigenvalue weighted by molar-refractivity contribution is -0.139. The molecule has 0 N–H and O–H groups in total. The number of hydrogen-bond donors (Lipinski definition) is 0. The van der Waals surface area contributed by atoms with E-state index in [1.807, 2.05) is 36.1 Å². The zero-order valence-electron chi connectivity index (χ0n) is 14.2. The molecule has 5 nitrogen and oxygen atoms in total. The third kappa shape index (κ3) is 2.68. The van der Waals surface area contributed by atoms with Crippen LogP contribution in [0, 0.1) is 13.8 Å². The first kappa shape index (κ1) is 15.2. The van der Waals surface area contributed by atoms with Gasteiger partial charge in [0.2, 0.25) is 0 Å². The van der Waals surface area contributed by atoms with Crippen molar-refractivity contribution in [1.82, 2.24) is 14.7 Å². The highest BCUT2D eigenvalue weighted by molar-refractivity contribution is 5.82. The van der Waals surface area contributed by atoms with Crippen LogP contribution in [-0.4, -0.2) is 39.8 Å². The largest absolute Gasteiger partial charge is 0.480 e. The summed E-state index contributed by atoms with van der Waals surface area (Å²) in [6.07, 6.45) is 2.38. The van der Waals surface area contributed by atoms with Crippen molar-refractivity contribution in [3.8, 4) is 5.75 Å². The maximum atomic E-state index is 12.9. The number of ether oxygens (including phenoxy) is 1. The first-order chi connectivity index (χ1) is 11.6. The van der Waals surface area contributed by atoms with Crippen molar-refractivity contribution in [2.24, 2.45) is 0 Å². The van der Waals surface area contributed by atoms with E-state index in [1.54, 1.807) is 0 Å². The van der Waals surface area contributed by atoms with Crippen LogP contribution < -0.4 is 4.74 Å². The summed E-state index contributed by atoms with van der Waals surface area (Å²) < 4.78 is 7.96. The fourth-order valence-corrected chi connectivity index (χ4v) is 3.89. The molecule has 24 heavy (non-hydrogen) atoms. The molecule has 5 heteroatoms. The molecule has 0 unspecified atom stereocenters. The van der Waals surface area contributed by atoms with Crippen LogP contribution in [0.5, 0.6) is 5.75 Å². The SMILES string of the molecule is Cc1cc(C)n([C@H]2CCCN(C(=O)[C@@H]3Cc4ccccc4O3)C2)n1. The Morgan fingerprint density at radius 2 is 2.12 bits per heavy atom. The molecule has 0 radical (unpaired) electrons. The zero-order valence-corrected chi connectivity index (χ0v) is 14.2. The number of hydrogen-bond acceptors (Lipinski definition) is 3. The summed E-state index contributed by atoms with van der Waals surface area (Å²) in [5.41, 5.74) is 3.32. The van der Waals surface area contributed by atoms with Gasteiger partial charge in [-0.1, -0.05) is 18.2 Å². The van der Waals surface area contributed by atoms with E-state index in [0.717, 1.165) is 48.6 Å². The maximum absolute atomic E-state index is 12.9. The Balaban J connectivity index is 1.47. The second kappa shape index (κ2) is 5.96. The normalized spacial score (nSPS) is 23.0. The molecule has 1 amide bonds. The third-order valence-electron chi connectivity index (χ3n) is 5.02. The summed E-state index contributed by atoms with van der Waals surface area (Å²) in [6.45, 7) is 5.62. The van der Waals surface area contributed by atoms with Crippen molar-refractivity contribution in [3.63, 3.8) is 0 Å². The summed E-state index contributed by atoms with van der Waals surface area (Å²) >= 11 is 0. The highest BCUT2D eigenvalue weighted by Gasteiger charge is 2.35. The molecular formula is C19H23N3O2. The van der Waals surface area contributed by atoms with E-state index in [0.29, 0.717) is 6.42 Å². The van der Waals surface area contributed by atoms with E-state index in [2.05, 4.69) is 22.8 Å².